The molecule has 2 rings (SSSR count). The minimum absolute atomic E-state index is 0.239. The van der Waals surface area contributed by atoms with Gasteiger partial charge in [0.05, 0.1) is 18.6 Å². The number of hydrogen-bond donors (Lipinski definition) is 2. The average Bonchev–Trinajstić information content (AvgIpc) is 3.07. The Balaban J connectivity index is 2.10. The van der Waals surface area contributed by atoms with E-state index in [1.54, 1.807) is 37.4 Å². The van der Waals surface area contributed by atoms with Gasteiger partial charge in [0.25, 0.3) is 5.91 Å². The first-order chi connectivity index (χ1) is 11.1. The number of amides is 1. The van der Waals surface area contributed by atoms with Crippen LogP contribution in [0.3, 0.4) is 0 Å². The standard InChI is InChI=1S/C17H17N3O3/c1-3-12-5-7-13(8-6-12)16(21)20-15(17(22)23-4-2)9-14-10-18-11-19-14/h1,5-8,10-11,15H,4,9H2,2H3,(H,18,19)(H,20,21). The lowest BCUT2D eigenvalue weighted by molar-refractivity contribution is -0.145. The second-order valence-electron chi connectivity index (χ2n) is 4.76. The molecule has 2 aromatic rings. The molecule has 0 aliphatic heterocycles. The number of esters is 1. The van der Waals surface area contributed by atoms with E-state index in [4.69, 9.17) is 11.2 Å². The molecule has 0 aliphatic carbocycles. The lowest BCUT2D eigenvalue weighted by Gasteiger charge is -2.16. The predicted octanol–water partition coefficient (Wildman–Crippen LogP) is 1.30. The van der Waals surface area contributed by atoms with Gasteiger partial charge in [0.15, 0.2) is 0 Å². The Bertz CT molecular complexity index is 700. The van der Waals surface area contributed by atoms with E-state index in [0.29, 0.717) is 16.8 Å². The monoisotopic (exact) mass is 311 g/mol. The Kier molecular flexibility index (Phi) is 5.53. The molecule has 1 atom stereocenters. The fourth-order valence-corrected chi connectivity index (χ4v) is 2.01. The number of H-pyrrole nitrogens is 1. The number of carbonyl (C=O) groups is 2. The van der Waals surface area contributed by atoms with Gasteiger partial charge in [-0.15, -0.1) is 6.42 Å². The van der Waals surface area contributed by atoms with Crippen LogP contribution in [0, 0.1) is 12.3 Å². The third-order valence-corrected chi connectivity index (χ3v) is 3.16. The van der Waals surface area contributed by atoms with Crippen molar-refractivity contribution in [3.05, 3.63) is 53.6 Å². The Morgan fingerprint density at radius 1 is 1.39 bits per heavy atom. The first kappa shape index (κ1) is 16.3. The van der Waals surface area contributed by atoms with Crippen molar-refractivity contribution in [1.82, 2.24) is 15.3 Å². The minimum Gasteiger partial charge on any atom is -0.464 e. The van der Waals surface area contributed by atoms with Crippen LogP contribution in [-0.4, -0.2) is 34.5 Å². The Hall–Kier alpha value is -3.07. The summed E-state index contributed by atoms with van der Waals surface area (Å²) in [5.41, 5.74) is 1.76. The van der Waals surface area contributed by atoms with Gasteiger partial charge in [-0.2, -0.15) is 0 Å². The molecule has 1 unspecified atom stereocenters. The summed E-state index contributed by atoms with van der Waals surface area (Å²) in [6.45, 7) is 1.95. The predicted molar refractivity (Wildman–Crippen MR) is 84.6 cm³/mol. The van der Waals surface area contributed by atoms with E-state index in [-0.39, 0.29) is 18.9 Å². The molecule has 0 radical (unpaired) electrons. The van der Waals surface area contributed by atoms with Crippen LogP contribution in [0.5, 0.6) is 0 Å². The van der Waals surface area contributed by atoms with E-state index in [0.717, 1.165) is 0 Å². The van der Waals surface area contributed by atoms with Crippen molar-refractivity contribution in [3.8, 4) is 12.3 Å². The van der Waals surface area contributed by atoms with Gasteiger partial charge in [0, 0.05) is 23.7 Å². The van der Waals surface area contributed by atoms with Crippen LogP contribution in [0.2, 0.25) is 0 Å². The van der Waals surface area contributed by atoms with Crippen molar-refractivity contribution in [2.45, 2.75) is 19.4 Å². The molecular formula is C17H17N3O3. The maximum Gasteiger partial charge on any atom is 0.329 e. The minimum atomic E-state index is -0.807. The quantitative estimate of drug-likeness (QED) is 0.622. The third-order valence-electron chi connectivity index (χ3n) is 3.16. The number of terminal acetylenes is 1. The SMILES string of the molecule is C#Cc1ccc(C(=O)NC(Cc2c[nH]cn2)C(=O)OCC)cc1. The van der Waals surface area contributed by atoms with Gasteiger partial charge < -0.3 is 15.0 Å². The van der Waals surface area contributed by atoms with E-state index in [2.05, 4.69) is 21.2 Å². The molecule has 0 saturated carbocycles. The van der Waals surface area contributed by atoms with Crippen LogP contribution < -0.4 is 5.32 Å². The number of carbonyl (C=O) groups excluding carboxylic acids is 2. The van der Waals surface area contributed by atoms with Crippen LogP contribution in [0.1, 0.15) is 28.5 Å². The second kappa shape index (κ2) is 7.80. The highest BCUT2D eigenvalue weighted by molar-refractivity contribution is 5.96. The molecule has 1 aromatic carbocycles. The van der Waals surface area contributed by atoms with Gasteiger partial charge in [-0.3, -0.25) is 4.79 Å². The van der Waals surface area contributed by atoms with Crippen LogP contribution in [0.25, 0.3) is 0 Å². The normalized spacial score (nSPS) is 11.3. The molecule has 0 saturated heterocycles. The van der Waals surface area contributed by atoms with Gasteiger partial charge in [-0.05, 0) is 31.2 Å². The highest BCUT2D eigenvalue weighted by Crippen LogP contribution is 2.06. The van der Waals surface area contributed by atoms with E-state index in [1.807, 2.05) is 0 Å². The van der Waals surface area contributed by atoms with Crippen molar-refractivity contribution in [2.75, 3.05) is 6.61 Å². The van der Waals surface area contributed by atoms with Gasteiger partial charge in [-0.25, -0.2) is 9.78 Å². The number of aromatic nitrogens is 2. The molecule has 0 aliphatic rings. The van der Waals surface area contributed by atoms with Gasteiger partial charge in [0.1, 0.15) is 6.04 Å². The number of aromatic amines is 1. The van der Waals surface area contributed by atoms with E-state index in [9.17, 15) is 9.59 Å². The maximum absolute atomic E-state index is 12.3. The molecule has 1 heterocycles. The van der Waals surface area contributed by atoms with Crippen LogP contribution in [0.4, 0.5) is 0 Å². The second-order valence-corrected chi connectivity index (χ2v) is 4.76. The summed E-state index contributed by atoms with van der Waals surface area (Å²) in [5, 5.41) is 2.67. The first-order valence-corrected chi connectivity index (χ1v) is 7.16. The Labute approximate surface area is 134 Å². The number of hydrogen-bond acceptors (Lipinski definition) is 4. The number of nitrogens with zero attached hydrogens (tertiary/aromatic N) is 1. The van der Waals surface area contributed by atoms with E-state index < -0.39 is 12.0 Å². The number of ether oxygens (including phenoxy) is 1. The number of rotatable bonds is 6. The fraction of sp³-hybridized carbons (Fsp3) is 0.235. The zero-order valence-electron chi connectivity index (χ0n) is 12.7. The number of benzene rings is 1. The number of nitrogens with one attached hydrogen (secondary N) is 2. The van der Waals surface area contributed by atoms with E-state index in [1.165, 1.54) is 6.33 Å². The molecule has 0 fully saturated rings. The molecule has 23 heavy (non-hydrogen) atoms. The molecule has 0 spiro atoms. The topological polar surface area (TPSA) is 84.1 Å². The lowest BCUT2D eigenvalue weighted by atomic mass is 10.1. The van der Waals surface area contributed by atoms with Gasteiger partial charge in [-0.1, -0.05) is 5.92 Å². The van der Waals surface area contributed by atoms with Crippen molar-refractivity contribution < 1.29 is 14.3 Å². The number of imidazole rings is 1. The zero-order valence-corrected chi connectivity index (χ0v) is 12.7. The highest BCUT2D eigenvalue weighted by atomic mass is 16.5. The summed E-state index contributed by atoms with van der Waals surface area (Å²) >= 11 is 0. The summed E-state index contributed by atoms with van der Waals surface area (Å²) in [5.74, 6) is 1.61. The molecule has 2 N–H and O–H groups in total. The first-order valence-electron chi connectivity index (χ1n) is 7.16. The molecule has 0 bridgehead atoms. The largest absolute Gasteiger partial charge is 0.464 e. The summed E-state index contributed by atoms with van der Waals surface area (Å²) in [6.07, 6.45) is 8.71. The summed E-state index contributed by atoms with van der Waals surface area (Å²) in [7, 11) is 0. The summed E-state index contributed by atoms with van der Waals surface area (Å²) in [6, 6.07) is 5.75. The molecular weight excluding hydrogens is 294 g/mol. The van der Waals surface area contributed by atoms with E-state index >= 15 is 0 Å². The maximum atomic E-state index is 12.3. The molecule has 1 amide bonds. The third kappa shape index (κ3) is 4.45. The van der Waals surface area contributed by atoms with Gasteiger partial charge in [0.2, 0.25) is 0 Å². The average molecular weight is 311 g/mol. The summed E-state index contributed by atoms with van der Waals surface area (Å²) < 4.78 is 5.01. The van der Waals surface area contributed by atoms with Crippen molar-refractivity contribution in [2.24, 2.45) is 0 Å². The Morgan fingerprint density at radius 2 is 2.13 bits per heavy atom. The molecule has 118 valence electrons. The smallest absolute Gasteiger partial charge is 0.329 e. The highest BCUT2D eigenvalue weighted by Gasteiger charge is 2.23. The summed E-state index contributed by atoms with van der Waals surface area (Å²) in [4.78, 5) is 31.2. The molecule has 6 heteroatoms. The van der Waals surface area contributed by atoms with Crippen LogP contribution in [0.15, 0.2) is 36.8 Å². The van der Waals surface area contributed by atoms with Gasteiger partial charge >= 0.3 is 5.97 Å². The van der Waals surface area contributed by atoms with Crippen LogP contribution in [-0.2, 0) is 16.0 Å². The van der Waals surface area contributed by atoms with Crippen LogP contribution >= 0.6 is 0 Å². The van der Waals surface area contributed by atoms with Crippen molar-refractivity contribution in [1.29, 1.82) is 0 Å². The van der Waals surface area contributed by atoms with Crippen molar-refractivity contribution >= 4 is 11.9 Å². The Morgan fingerprint density at radius 3 is 2.70 bits per heavy atom. The fourth-order valence-electron chi connectivity index (χ4n) is 2.01. The lowest BCUT2D eigenvalue weighted by Crippen LogP contribution is -2.43. The molecule has 1 aromatic heterocycles. The zero-order chi connectivity index (χ0) is 16.7. The molecule has 6 nitrogen and oxygen atoms in total. The van der Waals surface area contributed by atoms with Crippen molar-refractivity contribution in [3.63, 3.8) is 0 Å².